The lowest BCUT2D eigenvalue weighted by Crippen LogP contribution is -2.61. The number of hydrogen-bond donors (Lipinski definition) is 8. The van der Waals surface area contributed by atoms with E-state index in [4.69, 9.17) is 18.9 Å². The monoisotopic (exact) mass is 540 g/mol. The van der Waals surface area contributed by atoms with Crippen molar-refractivity contribution >= 4 is 16.6 Å². The van der Waals surface area contributed by atoms with Gasteiger partial charge in [-0.2, -0.15) is 0 Å². The maximum atomic E-state index is 12.1. The molecule has 2 aliphatic heterocycles. The van der Waals surface area contributed by atoms with Gasteiger partial charge >= 0.3 is 0 Å². The van der Waals surface area contributed by atoms with E-state index in [1.165, 1.54) is 19.9 Å². The molecule has 13 heteroatoms. The Bertz CT molecular complexity index is 1190. The first-order chi connectivity index (χ1) is 17.8. The Kier molecular flexibility index (Phi) is 8.14. The molecule has 13 nitrogen and oxygen atoms in total. The second-order valence-electron chi connectivity index (χ2n) is 9.66. The minimum Gasteiger partial charge on any atom is -0.508 e. The van der Waals surface area contributed by atoms with E-state index in [1.807, 2.05) is 0 Å². The Balaban J connectivity index is 1.58. The number of Topliss-reactive ketones (excluding diaryl/α,β-unsaturated/α-hetero) is 1. The van der Waals surface area contributed by atoms with Gasteiger partial charge in [-0.25, -0.2) is 0 Å². The van der Waals surface area contributed by atoms with Crippen LogP contribution >= 0.6 is 0 Å². The lowest BCUT2D eigenvalue weighted by atomic mass is 9.96. The topological polar surface area (TPSA) is 216 Å². The molecule has 2 aromatic rings. The van der Waals surface area contributed by atoms with Crippen LogP contribution in [0.1, 0.15) is 29.8 Å². The van der Waals surface area contributed by atoms with Crippen LogP contribution in [-0.2, 0) is 14.2 Å². The molecule has 0 saturated carbocycles. The minimum atomic E-state index is -1.79. The van der Waals surface area contributed by atoms with Gasteiger partial charge in [0.25, 0.3) is 0 Å². The molecule has 210 valence electrons. The largest absolute Gasteiger partial charge is 0.508 e. The van der Waals surface area contributed by atoms with Gasteiger partial charge in [0, 0.05) is 6.07 Å². The van der Waals surface area contributed by atoms with Gasteiger partial charge < -0.3 is 59.8 Å². The van der Waals surface area contributed by atoms with Gasteiger partial charge in [-0.1, -0.05) is 6.07 Å². The Hall–Kier alpha value is -2.59. The van der Waals surface area contributed by atoms with Crippen molar-refractivity contribution in [3.63, 3.8) is 0 Å². The zero-order valence-electron chi connectivity index (χ0n) is 20.8. The van der Waals surface area contributed by atoms with Crippen LogP contribution in [0.15, 0.2) is 18.2 Å². The number of ether oxygens (including phenoxy) is 4. The van der Waals surface area contributed by atoms with Gasteiger partial charge in [0.2, 0.25) is 6.29 Å². The Labute approximate surface area is 217 Å². The predicted octanol–water partition coefficient (Wildman–Crippen LogP) is -1.21. The molecule has 2 aliphatic rings. The number of benzene rings is 2. The first-order valence-electron chi connectivity index (χ1n) is 12.0. The number of hydrogen-bond acceptors (Lipinski definition) is 13. The highest BCUT2D eigenvalue weighted by molar-refractivity contribution is 6.07. The van der Waals surface area contributed by atoms with Crippen molar-refractivity contribution in [2.75, 3.05) is 6.61 Å². The van der Waals surface area contributed by atoms with Crippen molar-refractivity contribution in [2.45, 2.75) is 82.2 Å². The van der Waals surface area contributed by atoms with E-state index in [1.54, 1.807) is 13.0 Å². The van der Waals surface area contributed by atoms with E-state index in [2.05, 4.69) is 0 Å². The molecule has 0 aromatic heterocycles. The molecule has 0 spiro atoms. The Morgan fingerprint density at radius 2 is 1.50 bits per heavy atom. The van der Waals surface area contributed by atoms with Crippen molar-refractivity contribution in [2.24, 2.45) is 0 Å². The number of fused-ring (bicyclic) bond motifs is 1. The minimum absolute atomic E-state index is 0.0347. The molecule has 4 rings (SSSR count). The number of rotatable bonds is 6. The summed E-state index contributed by atoms with van der Waals surface area (Å²) in [5.74, 6) is -1.26. The first-order valence-corrected chi connectivity index (χ1v) is 12.0. The van der Waals surface area contributed by atoms with Crippen LogP contribution in [0.4, 0.5) is 0 Å². The molecule has 0 unspecified atom stereocenters. The van der Waals surface area contributed by atoms with Crippen molar-refractivity contribution < 1.29 is 64.6 Å². The number of phenolic OH excluding ortho intramolecular Hbond substituents is 2. The molecule has 2 fully saturated rings. The zero-order valence-corrected chi connectivity index (χ0v) is 20.8. The third-order valence-electron chi connectivity index (χ3n) is 6.85. The number of carbonyl (C=O) groups is 1. The maximum Gasteiger partial charge on any atom is 0.229 e. The van der Waals surface area contributed by atoms with Crippen LogP contribution < -0.4 is 4.74 Å². The average molecular weight is 541 g/mol. The molecule has 2 heterocycles. The molecule has 10 atom stereocenters. The number of aryl methyl sites for hydroxylation is 1. The first kappa shape index (κ1) is 28.4. The summed E-state index contributed by atoms with van der Waals surface area (Å²) in [6.45, 7) is 3.85. The molecular weight excluding hydrogens is 508 g/mol. The van der Waals surface area contributed by atoms with E-state index >= 15 is 0 Å². The highest BCUT2D eigenvalue weighted by Crippen LogP contribution is 2.41. The molecule has 0 radical (unpaired) electrons. The average Bonchev–Trinajstić information content (AvgIpc) is 2.84. The van der Waals surface area contributed by atoms with Crippen LogP contribution in [0.5, 0.6) is 17.2 Å². The molecule has 0 amide bonds. The number of aliphatic hydroxyl groups is 6. The second-order valence-corrected chi connectivity index (χ2v) is 9.66. The van der Waals surface area contributed by atoms with Crippen LogP contribution in [0.25, 0.3) is 10.8 Å². The highest BCUT2D eigenvalue weighted by atomic mass is 16.7. The van der Waals surface area contributed by atoms with E-state index in [9.17, 15) is 45.6 Å². The zero-order chi connectivity index (χ0) is 28.0. The van der Waals surface area contributed by atoms with E-state index in [0.717, 1.165) is 6.07 Å². The lowest BCUT2D eigenvalue weighted by molar-refractivity contribution is -0.318. The van der Waals surface area contributed by atoms with Gasteiger partial charge in [0.05, 0.1) is 23.7 Å². The van der Waals surface area contributed by atoms with Crippen molar-refractivity contribution in [1.29, 1.82) is 0 Å². The van der Waals surface area contributed by atoms with E-state index in [-0.39, 0.29) is 22.4 Å². The quantitative estimate of drug-likeness (QED) is 0.202. The molecule has 2 saturated heterocycles. The van der Waals surface area contributed by atoms with Gasteiger partial charge in [0.15, 0.2) is 12.1 Å². The van der Waals surface area contributed by atoms with Gasteiger partial charge in [-0.05, 0) is 37.8 Å². The van der Waals surface area contributed by atoms with E-state index in [0.29, 0.717) is 10.9 Å². The van der Waals surface area contributed by atoms with Crippen molar-refractivity contribution in [3.05, 3.63) is 29.3 Å². The molecule has 0 bridgehead atoms. The summed E-state index contributed by atoms with van der Waals surface area (Å²) >= 11 is 0. The second kappa shape index (κ2) is 10.9. The summed E-state index contributed by atoms with van der Waals surface area (Å²) in [6, 6.07) is 4.03. The molecular formula is C25H32O13. The van der Waals surface area contributed by atoms with E-state index < -0.39 is 79.6 Å². The normalized spacial score (nSPS) is 35.8. The van der Waals surface area contributed by atoms with Crippen molar-refractivity contribution in [3.8, 4) is 17.2 Å². The SMILES string of the molecule is CC(=O)c1c(C)cc2cc(O)cc(O[C@@H]3O[C@H](CO[C@@H]4O[C@@H](C)[C@H](O)[C@@H](O)[C@H]4O)[C@@H](O)[C@H](O)[C@H]3O)c2c1O. The standard InChI is InChI=1S/C25H32O13/c1-8-4-11-5-12(27)6-13(16(11)19(30)15(8)9(2)26)37-25-23(34)21(32)18(29)14(38-25)7-35-24-22(33)20(31)17(28)10(3)36-24/h4-6,10,14,17-18,20-25,27-34H,7H2,1-3H3/t10-,14+,17-,18+,20+,21-,22+,23+,24+,25+/m0/s1. The van der Waals surface area contributed by atoms with Gasteiger partial charge in [0.1, 0.15) is 60.0 Å². The fourth-order valence-corrected chi connectivity index (χ4v) is 4.76. The van der Waals surface area contributed by atoms with Crippen LogP contribution in [0.3, 0.4) is 0 Å². The summed E-state index contributed by atoms with van der Waals surface area (Å²) in [6.07, 6.45) is -15.0. The molecule has 2 aromatic carbocycles. The predicted molar refractivity (Wildman–Crippen MR) is 128 cm³/mol. The summed E-state index contributed by atoms with van der Waals surface area (Å²) in [4.78, 5) is 12.1. The Morgan fingerprint density at radius 1 is 0.868 bits per heavy atom. The third kappa shape index (κ3) is 5.17. The van der Waals surface area contributed by atoms with Gasteiger partial charge in [-0.3, -0.25) is 4.79 Å². The Morgan fingerprint density at radius 3 is 2.16 bits per heavy atom. The molecule has 38 heavy (non-hydrogen) atoms. The summed E-state index contributed by atoms with van der Waals surface area (Å²) < 4.78 is 22.2. The van der Waals surface area contributed by atoms with Gasteiger partial charge in [-0.15, -0.1) is 0 Å². The number of phenols is 2. The van der Waals surface area contributed by atoms with Crippen molar-refractivity contribution in [1.82, 2.24) is 0 Å². The summed E-state index contributed by atoms with van der Waals surface area (Å²) in [7, 11) is 0. The molecule has 0 aliphatic carbocycles. The summed E-state index contributed by atoms with van der Waals surface area (Å²) in [5.41, 5.74) is 0.496. The fourth-order valence-electron chi connectivity index (χ4n) is 4.76. The maximum absolute atomic E-state index is 12.1. The highest BCUT2D eigenvalue weighted by Gasteiger charge is 2.47. The number of aromatic hydroxyl groups is 2. The van der Waals surface area contributed by atoms with Crippen LogP contribution in [0.2, 0.25) is 0 Å². The molecule has 8 N–H and O–H groups in total. The van der Waals surface area contributed by atoms with Crippen LogP contribution in [-0.4, -0.2) is 115 Å². The lowest BCUT2D eigenvalue weighted by Gasteiger charge is -2.42. The number of carbonyl (C=O) groups excluding carboxylic acids is 1. The number of ketones is 1. The van der Waals surface area contributed by atoms with Crippen LogP contribution in [0, 0.1) is 6.92 Å². The summed E-state index contributed by atoms with van der Waals surface area (Å²) in [5, 5.41) is 82.8. The third-order valence-corrected chi connectivity index (χ3v) is 6.85. The smallest absolute Gasteiger partial charge is 0.229 e. The fraction of sp³-hybridized carbons (Fsp3) is 0.560. The number of aliphatic hydroxyl groups excluding tert-OH is 6.